The van der Waals surface area contributed by atoms with Gasteiger partial charge in [0.1, 0.15) is 5.75 Å². The molecule has 102 valence electrons. The highest BCUT2D eigenvalue weighted by Gasteiger charge is 2.26. The SMILES string of the molecule is CCOc1ccc(N)cc1CN1C(=O)CCCC1=O. The summed E-state index contributed by atoms with van der Waals surface area (Å²) in [5.41, 5.74) is 7.12. The van der Waals surface area contributed by atoms with Crippen molar-refractivity contribution in [3.63, 3.8) is 0 Å². The summed E-state index contributed by atoms with van der Waals surface area (Å²) in [5, 5.41) is 0. The molecule has 5 heteroatoms. The molecule has 0 atom stereocenters. The van der Waals surface area contributed by atoms with E-state index in [2.05, 4.69) is 0 Å². The molecule has 1 heterocycles. The van der Waals surface area contributed by atoms with Crippen LogP contribution in [0.2, 0.25) is 0 Å². The van der Waals surface area contributed by atoms with Gasteiger partial charge in [0, 0.05) is 24.1 Å². The largest absolute Gasteiger partial charge is 0.494 e. The molecular formula is C14H18N2O3. The molecule has 0 unspecified atom stereocenters. The number of anilines is 1. The first-order valence-corrected chi connectivity index (χ1v) is 6.46. The van der Waals surface area contributed by atoms with E-state index in [4.69, 9.17) is 10.5 Å². The zero-order valence-corrected chi connectivity index (χ0v) is 11.0. The second kappa shape index (κ2) is 5.73. The summed E-state index contributed by atoms with van der Waals surface area (Å²) < 4.78 is 5.50. The number of nitrogens with two attached hydrogens (primary N) is 1. The lowest BCUT2D eigenvalue weighted by atomic mass is 10.1. The number of nitrogens with zero attached hydrogens (tertiary/aromatic N) is 1. The summed E-state index contributed by atoms with van der Waals surface area (Å²) in [6, 6.07) is 5.27. The van der Waals surface area contributed by atoms with Crippen molar-refractivity contribution in [1.82, 2.24) is 4.90 Å². The van der Waals surface area contributed by atoms with Gasteiger partial charge in [-0.15, -0.1) is 0 Å². The lowest BCUT2D eigenvalue weighted by Gasteiger charge is -2.25. The van der Waals surface area contributed by atoms with Crippen LogP contribution >= 0.6 is 0 Å². The maximum Gasteiger partial charge on any atom is 0.229 e. The first kappa shape index (κ1) is 13.4. The Morgan fingerprint density at radius 3 is 2.58 bits per heavy atom. The number of nitrogen functional groups attached to an aromatic ring is 1. The van der Waals surface area contributed by atoms with Crippen LogP contribution in [0.5, 0.6) is 5.75 Å². The van der Waals surface area contributed by atoms with Crippen molar-refractivity contribution in [1.29, 1.82) is 0 Å². The number of likely N-dealkylation sites (tertiary alicyclic amines) is 1. The van der Waals surface area contributed by atoms with Crippen LogP contribution in [-0.2, 0) is 16.1 Å². The lowest BCUT2D eigenvalue weighted by molar-refractivity contribution is -0.148. The van der Waals surface area contributed by atoms with Crippen molar-refractivity contribution in [2.24, 2.45) is 0 Å². The maximum absolute atomic E-state index is 11.8. The van der Waals surface area contributed by atoms with Crippen LogP contribution in [0.25, 0.3) is 0 Å². The number of rotatable bonds is 4. The molecule has 19 heavy (non-hydrogen) atoms. The van der Waals surface area contributed by atoms with E-state index in [0.29, 0.717) is 37.3 Å². The second-order valence-electron chi connectivity index (χ2n) is 4.53. The molecule has 1 aromatic rings. The normalized spacial score (nSPS) is 15.7. The number of carbonyl (C=O) groups is 2. The molecule has 2 rings (SSSR count). The molecule has 1 aliphatic rings. The fourth-order valence-electron chi connectivity index (χ4n) is 2.17. The Hall–Kier alpha value is -2.04. The molecule has 0 radical (unpaired) electrons. The molecule has 0 aromatic heterocycles. The number of imide groups is 1. The summed E-state index contributed by atoms with van der Waals surface area (Å²) in [7, 11) is 0. The molecule has 2 N–H and O–H groups in total. The molecule has 1 saturated heterocycles. The van der Waals surface area contributed by atoms with Crippen LogP contribution in [0.3, 0.4) is 0 Å². The third kappa shape index (κ3) is 3.05. The van der Waals surface area contributed by atoms with E-state index >= 15 is 0 Å². The van der Waals surface area contributed by atoms with Gasteiger partial charge in [-0.2, -0.15) is 0 Å². The average molecular weight is 262 g/mol. The highest BCUT2D eigenvalue weighted by atomic mass is 16.5. The number of carbonyl (C=O) groups excluding carboxylic acids is 2. The van der Waals surface area contributed by atoms with E-state index in [-0.39, 0.29) is 18.4 Å². The fourth-order valence-corrected chi connectivity index (χ4v) is 2.17. The number of ether oxygens (including phenoxy) is 1. The number of piperidine rings is 1. The van der Waals surface area contributed by atoms with Gasteiger partial charge in [0.2, 0.25) is 11.8 Å². The molecule has 1 aliphatic heterocycles. The van der Waals surface area contributed by atoms with Gasteiger partial charge in [0.25, 0.3) is 0 Å². The van der Waals surface area contributed by atoms with Crippen LogP contribution in [0, 0.1) is 0 Å². The van der Waals surface area contributed by atoms with Crippen molar-refractivity contribution >= 4 is 17.5 Å². The van der Waals surface area contributed by atoms with Crippen LogP contribution in [0.4, 0.5) is 5.69 Å². The number of hydrogen-bond acceptors (Lipinski definition) is 4. The minimum Gasteiger partial charge on any atom is -0.494 e. The van der Waals surface area contributed by atoms with Crippen molar-refractivity contribution in [3.05, 3.63) is 23.8 Å². The molecular weight excluding hydrogens is 244 g/mol. The summed E-state index contributed by atoms with van der Waals surface area (Å²) in [4.78, 5) is 24.9. The molecule has 1 aromatic carbocycles. The molecule has 0 saturated carbocycles. The minimum absolute atomic E-state index is 0.124. The van der Waals surface area contributed by atoms with Gasteiger partial charge >= 0.3 is 0 Å². The number of benzene rings is 1. The van der Waals surface area contributed by atoms with Crippen LogP contribution in [-0.4, -0.2) is 23.3 Å². The third-order valence-electron chi connectivity index (χ3n) is 3.10. The smallest absolute Gasteiger partial charge is 0.229 e. The topological polar surface area (TPSA) is 72.6 Å². The third-order valence-corrected chi connectivity index (χ3v) is 3.10. The zero-order chi connectivity index (χ0) is 13.8. The van der Waals surface area contributed by atoms with Crippen LogP contribution in [0.1, 0.15) is 31.7 Å². The van der Waals surface area contributed by atoms with E-state index in [9.17, 15) is 9.59 Å². The summed E-state index contributed by atoms with van der Waals surface area (Å²) >= 11 is 0. The molecule has 0 spiro atoms. The highest BCUT2D eigenvalue weighted by molar-refractivity contribution is 5.97. The summed E-state index contributed by atoms with van der Waals surface area (Å²) in [6.07, 6.45) is 1.50. The van der Waals surface area contributed by atoms with E-state index < -0.39 is 0 Å². The molecule has 0 bridgehead atoms. The monoisotopic (exact) mass is 262 g/mol. The van der Waals surface area contributed by atoms with Gasteiger partial charge in [-0.25, -0.2) is 0 Å². The summed E-state index contributed by atoms with van der Waals surface area (Å²) in [5.74, 6) is 0.421. The number of amides is 2. The van der Waals surface area contributed by atoms with Crippen molar-refractivity contribution in [3.8, 4) is 5.75 Å². The summed E-state index contributed by atoms with van der Waals surface area (Å²) in [6.45, 7) is 2.65. The Balaban J connectivity index is 2.23. The van der Waals surface area contributed by atoms with Crippen LogP contribution in [0.15, 0.2) is 18.2 Å². The fraction of sp³-hybridized carbons (Fsp3) is 0.429. The molecule has 5 nitrogen and oxygen atoms in total. The Bertz CT molecular complexity index is 483. The van der Waals surface area contributed by atoms with E-state index in [1.807, 2.05) is 6.92 Å². The van der Waals surface area contributed by atoms with Gasteiger partial charge in [-0.1, -0.05) is 0 Å². The van der Waals surface area contributed by atoms with Crippen molar-refractivity contribution < 1.29 is 14.3 Å². The first-order valence-electron chi connectivity index (χ1n) is 6.46. The predicted octanol–water partition coefficient (Wildman–Crippen LogP) is 1.71. The quantitative estimate of drug-likeness (QED) is 0.662. The molecule has 1 fully saturated rings. The standard InChI is InChI=1S/C14H18N2O3/c1-2-19-12-7-6-11(15)8-10(12)9-16-13(17)4-3-5-14(16)18/h6-8H,2-5,9,15H2,1H3. The predicted molar refractivity (Wildman–Crippen MR) is 71.4 cm³/mol. The average Bonchev–Trinajstić information content (AvgIpc) is 2.37. The van der Waals surface area contributed by atoms with Crippen molar-refractivity contribution in [2.45, 2.75) is 32.7 Å². The Kier molecular flexibility index (Phi) is 4.04. The van der Waals surface area contributed by atoms with Crippen LogP contribution < -0.4 is 10.5 Å². The van der Waals surface area contributed by atoms with E-state index in [1.54, 1.807) is 18.2 Å². The van der Waals surface area contributed by atoms with Gasteiger partial charge in [0.15, 0.2) is 0 Å². The van der Waals surface area contributed by atoms with Gasteiger partial charge in [-0.3, -0.25) is 14.5 Å². The first-order chi connectivity index (χ1) is 9.11. The van der Waals surface area contributed by atoms with Crippen molar-refractivity contribution in [2.75, 3.05) is 12.3 Å². The Labute approximate surface area is 112 Å². The minimum atomic E-state index is -0.124. The number of hydrogen-bond donors (Lipinski definition) is 1. The molecule has 0 aliphatic carbocycles. The van der Waals surface area contributed by atoms with Gasteiger partial charge in [0.05, 0.1) is 13.2 Å². The maximum atomic E-state index is 11.8. The molecule has 2 amide bonds. The van der Waals surface area contributed by atoms with E-state index in [1.165, 1.54) is 4.90 Å². The van der Waals surface area contributed by atoms with Gasteiger partial charge < -0.3 is 10.5 Å². The Morgan fingerprint density at radius 1 is 1.26 bits per heavy atom. The zero-order valence-electron chi connectivity index (χ0n) is 11.0. The highest BCUT2D eigenvalue weighted by Crippen LogP contribution is 2.25. The lowest BCUT2D eigenvalue weighted by Crippen LogP contribution is -2.39. The van der Waals surface area contributed by atoms with Gasteiger partial charge in [-0.05, 0) is 31.5 Å². The Morgan fingerprint density at radius 2 is 1.95 bits per heavy atom. The second-order valence-corrected chi connectivity index (χ2v) is 4.53. The van der Waals surface area contributed by atoms with E-state index in [0.717, 1.165) is 5.56 Å².